The fraction of sp³-hybridized carbons (Fsp3) is 0.300. The van der Waals surface area contributed by atoms with E-state index >= 15 is 0 Å². The van der Waals surface area contributed by atoms with Crippen molar-refractivity contribution in [3.8, 4) is 0 Å². The third-order valence-electron chi connectivity index (χ3n) is 4.79. The van der Waals surface area contributed by atoms with E-state index in [4.69, 9.17) is 5.73 Å². The van der Waals surface area contributed by atoms with Crippen LogP contribution in [0, 0.1) is 11.7 Å². The van der Waals surface area contributed by atoms with Gasteiger partial charge in [0.15, 0.2) is 0 Å². The van der Waals surface area contributed by atoms with Gasteiger partial charge in [0.05, 0.1) is 23.5 Å². The highest BCUT2D eigenvalue weighted by Gasteiger charge is 2.34. The summed E-state index contributed by atoms with van der Waals surface area (Å²) in [7, 11) is 0. The van der Waals surface area contributed by atoms with E-state index in [2.05, 4.69) is 10.3 Å². The van der Waals surface area contributed by atoms with Crippen molar-refractivity contribution in [3.05, 3.63) is 59.7 Å². The van der Waals surface area contributed by atoms with Gasteiger partial charge in [-0.1, -0.05) is 19.1 Å². The van der Waals surface area contributed by atoms with E-state index in [1.165, 1.54) is 35.5 Å². The van der Waals surface area contributed by atoms with Crippen LogP contribution in [0.25, 0.3) is 0 Å². The summed E-state index contributed by atoms with van der Waals surface area (Å²) < 4.78 is 13.6. The summed E-state index contributed by atoms with van der Waals surface area (Å²) in [5.74, 6) is -2.42. The molecule has 1 fully saturated rings. The van der Waals surface area contributed by atoms with Crippen molar-refractivity contribution in [2.45, 2.75) is 25.8 Å². The van der Waals surface area contributed by atoms with Gasteiger partial charge >= 0.3 is 11.8 Å². The number of piperidine rings is 1. The number of anilines is 1. The number of nitrogens with zero attached hydrogens (tertiary/aromatic N) is 2. The van der Waals surface area contributed by atoms with Gasteiger partial charge in [-0.25, -0.2) is 4.39 Å². The van der Waals surface area contributed by atoms with Crippen LogP contribution in [-0.2, 0) is 9.59 Å². The molecule has 0 unspecified atom stereocenters. The topological polar surface area (TPSA) is 105 Å². The molecule has 1 saturated heterocycles. The fourth-order valence-electron chi connectivity index (χ4n) is 3.40. The number of benzene rings is 1. The van der Waals surface area contributed by atoms with Gasteiger partial charge < -0.3 is 16.0 Å². The van der Waals surface area contributed by atoms with E-state index in [1.54, 1.807) is 12.1 Å². The van der Waals surface area contributed by atoms with E-state index in [-0.39, 0.29) is 29.0 Å². The van der Waals surface area contributed by atoms with Crippen LogP contribution in [0.15, 0.2) is 42.7 Å². The standard InChI is InChI=1S/C20H21FN4O3/c1-12-5-6-17(13-3-2-4-15(21)7-13)25(11-12)20(28)19(27)24-16-8-14(18(22)26)9-23-10-16/h2-4,7-10,12,17H,5-6,11H2,1H3,(H2,22,26)(H,24,27)/t12-,17+/m0/s1. The van der Waals surface area contributed by atoms with Crippen LogP contribution in [0.5, 0.6) is 0 Å². The predicted octanol–water partition coefficient (Wildman–Crippen LogP) is 2.26. The number of carbonyl (C=O) groups is 3. The first kappa shape index (κ1) is 19.5. The van der Waals surface area contributed by atoms with Gasteiger partial charge in [0.2, 0.25) is 5.91 Å². The van der Waals surface area contributed by atoms with E-state index in [0.717, 1.165) is 6.42 Å². The van der Waals surface area contributed by atoms with Crippen molar-refractivity contribution < 1.29 is 18.8 Å². The Morgan fingerprint density at radius 3 is 2.71 bits per heavy atom. The summed E-state index contributed by atoms with van der Waals surface area (Å²) in [6.45, 7) is 2.40. The molecule has 3 amide bonds. The van der Waals surface area contributed by atoms with Gasteiger partial charge in [0, 0.05) is 12.7 Å². The van der Waals surface area contributed by atoms with Crippen LogP contribution in [0.2, 0.25) is 0 Å². The number of likely N-dealkylation sites (tertiary alicyclic amines) is 1. The van der Waals surface area contributed by atoms with Crippen molar-refractivity contribution in [3.63, 3.8) is 0 Å². The monoisotopic (exact) mass is 384 g/mol. The highest BCUT2D eigenvalue weighted by atomic mass is 19.1. The number of primary amides is 1. The Morgan fingerprint density at radius 2 is 2.00 bits per heavy atom. The molecule has 0 radical (unpaired) electrons. The minimum absolute atomic E-state index is 0.120. The summed E-state index contributed by atoms with van der Waals surface area (Å²) in [5.41, 5.74) is 6.18. The van der Waals surface area contributed by atoms with E-state index in [1.807, 2.05) is 6.92 Å². The maximum Gasteiger partial charge on any atom is 0.313 e. The maximum atomic E-state index is 13.6. The molecular weight excluding hydrogens is 363 g/mol. The van der Waals surface area contributed by atoms with E-state index < -0.39 is 17.7 Å². The smallest absolute Gasteiger partial charge is 0.313 e. The van der Waals surface area contributed by atoms with Crippen molar-refractivity contribution in [1.82, 2.24) is 9.88 Å². The molecule has 7 nitrogen and oxygen atoms in total. The summed E-state index contributed by atoms with van der Waals surface area (Å²) in [6.07, 6.45) is 4.10. The number of aromatic nitrogens is 1. The van der Waals surface area contributed by atoms with Gasteiger partial charge in [0.25, 0.3) is 0 Å². The molecule has 0 aliphatic carbocycles. The molecule has 2 heterocycles. The fourth-order valence-corrected chi connectivity index (χ4v) is 3.40. The van der Waals surface area contributed by atoms with Crippen molar-refractivity contribution in [1.29, 1.82) is 0 Å². The minimum Gasteiger partial charge on any atom is -0.366 e. The molecule has 3 rings (SSSR count). The average Bonchev–Trinajstić information content (AvgIpc) is 2.67. The second-order valence-corrected chi connectivity index (χ2v) is 6.99. The molecule has 1 aliphatic rings. The summed E-state index contributed by atoms with van der Waals surface area (Å²) in [4.78, 5) is 41.9. The zero-order chi connectivity index (χ0) is 20.3. The predicted molar refractivity (Wildman–Crippen MR) is 101 cm³/mol. The second kappa shape index (κ2) is 8.16. The van der Waals surface area contributed by atoms with Gasteiger partial charge in [0.1, 0.15) is 5.82 Å². The summed E-state index contributed by atoms with van der Waals surface area (Å²) >= 11 is 0. The molecule has 1 aliphatic heterocycles. The SMILES string of the molecule is C[C@H]1CC[C@H](c2cccc(F)c2)N(C(=O)C(=O)Nc2cncc(C(N)=O)c2)C1. The molecule has 0 saturated carbocycles. The summed E-state index contributed by atoms with van der Waals surface area (Å²) in [5, 5.41) is 2.46. The molecule has 1 aromatic heterocycles. The first-order chi connectivity index (χ1) is 13.3. The zero-order valence-electron chi connectivity index (χ0n) is 15.4. The Morgan fingerprint density at radius 1 is 1.21 bits per heavy atom. The van der Waals surface area contributed by atoms with Crippen LogP contribution in [-0.4, -0.2) is 34.2 Å². The van der Waals surface area contributed by atoms with Crippen LogP contribution < -0.4 is 11.1 Å². The lowest BCUT2D eigenvalue weighted by Gasteiger charge is -2.38. The normalized spacial score (nSPS) is 19.1. The number of carbonyl (C=O) groups excluding carboxylic acids is 3. The van der Waals surface area contributed by atoms with E-state index in [0.29, 0.717) is 18.5 Å². The molecule has 0 spiro atoms. The van der Waals surface area contributed by atoms with Crippen LogP contribution in [0.1, 0.15) is 41.7 Å². The highest BCUT2D eigenvalue weighted by molar-refractivity contribution is 6.39. The number of hydrogen-bond acceptors (Lipinski definition) is 4. The number of nitrogens with one attached hydrogen (secondary N) is 1. The first-order valence-corrected chi connectivity index (χ1v) is 8.97. The largest absolute Gasteiger partial charge is 0.366 e. The zero-order valence-corrected chi connectivity index (χ0v) is 15.4. The molecule has 2 aromatic rings. The Balaban J connectivity index is 1.80. The molecule has 146 valence electrons. The third-order valence-corrected chi connectivity index (χ3v) is 4.79. The van der Waals surface area contributed by atoms with Gasteiger partial charge in [-0.3, -0.25) is 19.4 Å². The number of rotatable bonds is 3. The maximum absolute atomic E-state index is 13.6. The second-order valence-electron chi connectivity index (χ2n) is 6.99. The number of amides is 3. The number of pyridine rings is 1. The van der Waals surface area contributed by atoms with Gasteiger partial charge in [-0.15, -0.1) is 0 Å². The Labute approximate surface area is 161 Å². The highest BCUT2D eigenvalue weighted by Crippen LogP contribution is 2.33. The van der Waals surface area contributed by atoms with Gasteiger partial charge in [-0.2, -0.15) is 0 Å². The van der Waals surface area contributed by atoms with Crippen LogP contribution >= 0.6 is 0 Å². The average molecular weight is 384 g/mol. The number of nitrogens with two attached hydrogens (primary N) is 1. The Kier molecular flexibility index (Phi) is 5.67. The summed E-state index contributed by atoms with van der Waals surface area (Å²) in [6, 6.07) is 7.05. The first-order valence-electron chi connectivity index (χ1n) is 8.97. The molecule has 1 aromatic carbocycles. The lowest BCUT2D eigenvalue weighted by atomic mass is 9.89. The Hall–Kier alpha value is -3.29. The van der Waals surface area contributed by atoms with Crippen LogP contribution in [0.3, 0.4) is 0 Å². The molecule has 28 heavy (non-hydrogen) atoms. The number of hydrogen-bond donors (Lipinski definition) is 2. The minimum atomic E-state index is -0.848. The van der Waals surface area contributed by atoms with Crippen molar-refractivity contribution >= 4 is 23.4 Å². The van der Waals surface area contributed by atoms with Gasteiger partial charge in [-0.05, 0) is 42.5 Å². The molecule has 2 atom stereocenters. The quantitative estimate of drug-likeness (QED) is 0.792. The van der Waals surface area contributed by atoms with E-state index in [9.17, 15) is 18.8 Å². The molecule has 0 bridgehead atoms. The lowest BCUT2D eigenvalue weighted by molar-refractivity contribution is -0.146. The number of halogens is 1. The third kappa shape index (κ3) is 4.33. The lowest BCUT2D eigenvalue weighted by Crippen LogP contribution is -2.46. The molecular formula is C20H21FN4O3. The van der Waals surface area contributed by atoms with Crippen molar-refractivity contribution in [2.24, 2.45) is 11.7 Å². The molecule has 8 heteroatoms. The van der Waals surface area contributed by atoms with Crippen LogP contribution in [0.4, 0.5) is 10.1 Å². The molecule has 3 N–H and O–H groups in total. The Bertz CT molecular complexity index is 918. The van der Waals surface area contributed by atoms with Crippen molar-refractivity contribution in [2.75, 3.05) is 11.9 Å².